The molecule has 0 fully saturated rings. The van der Waals surface area contributed by atoms with E-state index >= 15 is 0 Å². The second kappa shape index (κ2) is 9.10. The van der Waals surface area contributed by atoms with Gasteiger partial charge in [0.15, 0.2) is 34.8 Å². The Balaban J connectivity index is 2.07. The van der Waals surface area contributed by atoms with Crippen molar-refractivity contribution in [3.8, 4) is 5.75 Å². The van der Waals surface area contributed by atoms with E-state index < -0.39 is 61.8 Å². The fourth-order valence-electron chi connectivity index (χ4n) is 2.56. The van der Waals surface area contributed by atoms with Crippen molar-refractivity contribution in [3.05, 3.63) is 80.0 Å². The Morgan fingerprint density at radius 3 is 2.35 bits per heavy atom. The summed E-state index contributed by atoms with van der Waals surface area (Å²) in [7, 11) is 1.64. The predicted octanol–water partition coefficient (Wildman–Crippen LogP) is 6.57. The molecule has 0 aliphatic rings. The Morgan fingerprint density at radius 1 is 1.03 bits per heavy atom. The minimum Gasteiger partial charge on any atom is -0.420 e. The zero-order valence-electron chi connectivity index (χ0n) is 15.4. The third-order valence-electron chi connectivity index (χ3n) is 4.13. The second-order valence-electron chi connectivity index (χ2n) is 6.30. The van der Waals surface area contributed by atoms with Crippen LogP contribution in [0.25, 0.3) is 0 Å². The van der Waals surface area contributed by atoms with E-state index in [1.165, 1.54) is 6.07 Å². The zero-order valence-corrected chi connectivity index (χ0v) is 18.9. The minimum atomic E-state index is -1.48. The lowest BCUT2D eigenvalue weighted by molar-refractivity contribution is 0.0728. The van der Waals surface area contributed by atoms with Crippen LogP contribution in [0.2, 0.25) is 5.02 Å². The summed E-state index contributed by atoms with van der Waals surface area (Å²) in [6.07, 6.45) is 0. The summed E-state index contributed by atoms with van der Waals surface area (Å²) < 4.78 is 74.5. The molecule has 1 atom stereocenters. The van der Waals surface area contributed by atoms with Gasteiger partial charge in [-0.3, -0.25) is 0 Å². The number of ether oxygens (including phenoxy) is 1. The van der Waals surface area contributed by atoms with Gasteiger partial charge in [-0.1, -0.05) is 26.9 Å². The average molecular weight is 539 g/mol. The topological polar surface area (TPSA) is 38.3 Å². The highest BCUT2D eigenvalue weighted by Crippen LogP contribution is 2.34. The van der Waals surface area contributed by atoms with Crippen LogP contribution in [0.5, 0.6) is 5.75 Å². The third kappa shape index (κ3) is 4.68. The molecule has 0 radical (unpaired) electrons. The number of esters is 1. The average Bonchev–Trinajstić information content (AvgIpc) is 2.72. The Bertz CT molecular complexity index is 1230. The highest BCUT2D eigenvalue weighted by molar-refractivity contribution is 9.10. The van der Waals surface area contributed by atoms with Crippen molar-refractivity contribution in [1.82, 2.24) is 0 Å². The van der Waals surface area contributed by atoms with Crippen molar-refractivity contribution in [2.75, 3.05) is 5.32 Å². The molecular formula is C20H11BrClF5NO2P. The lowest BCUT2D eigenvalue weighted by atomic mass is 10.1. The summed E-state index contributed by atoms with van der Waals surface area (Å²) in [6, 6.07) is 5.88. The van der Waals surface area contributed by atoms with Crippen LogP contribution in [0.4, 0.5) is 33.3 Å². The molecule has 0 heterocycles. The van der Waals surface area contributed by atoms with E-state index in [9.17, 15) is 26.7 Å². The lowest BCUT2D eigenvalue weighted by Crippen LogP contribution is -2.17. The van der Waals surface area contributed by atoms with Crippen LogP contribution in [0.3, 0.4) is 0 Å². The summed E-state index contributed by atoms with van der Waals surface area (Å²) >= 11 is 8.88. The van der Waals surface area contributed by atoms with E-state index in [1.807, 2.05) is 0 Å². The summed E-state index contributed by atoms with van der Waals surface area (Å²) in [5.41, 5.74) is -0.268. The van der Waals surface area contributed by atoms with Crippen molar-refractivity contribution in [1.29, 1.82) is 0 Å². The van der Waals surface area contributed by atoms with Crippen molar-refractivity contribution in [2.45, 2.75) is 6.92 Å². The fraction of sp³-hybridized carbons (Fsp3) is 0.0500. The number of aryl methyl sites for hydroxylation is 1. The predicted molar refractivity (Wildman–Crippen MR) is 114 cm³/mol. The van der Waals surface area contributed by atoms with Crippen LogP contribution < -0.4 is 15.4 Å². The van der Waals surface area contributed by atoms with Gasteiger partial charge in [0.1, 0.15) is 0 Å². The van der Waals surface area contributed by atoms with E-state index in [4.69, 9.17) is 16.3 Å². The molecule has 3 aromatic rings. The van der Waals surface area contributed by atoms with Crippen molar-refractivity contribution in [2.24, 2.45) is 0 Å². The molecule has 1 N–H and O–H groups in total. The van der Waals surface area contributed by atoms with Gasteiger partial charge in [0.25, 0.3) is 0 Å². The van der Waals surface area contributed by atoms with Gasteiger partial charge in [-0.15, -0.1) is 0 Å². The molecule has 0 saturated carbocycles. The molecule has 1 unspecified atom stereocenters. The largest absolute Gasteiger partial charge is 0.420 e. The van der Waals surface area contributed by atoms with E-state index in [0.717, 1.165) is 11.6 Å². The van der Waals surface area contributed by atoms with Gasteiger partial charge in [0.2, 0.25) is 0 Å². The number of halogens is 7. The number of rotatable bonds is 4. The molecule has 0 bridgehead atoms. The standard InChI is InChI=1S/C20H11BrClF5NO2P/c1-7-2-3-12(10(22)4-7)28-18-8(5-9(21)14(24)17(18)27)20(29)30-13-6-11(23)15(25)19(31)16(13)26/h2-6,28H,31H2,1H3. The molecular weight excluding hydrogens is 528 g/mol. The van der Waals surface area contributed by atoms with Crippen LogP contribution in [0, 0.1) is 36.0 Å². The molecule has 11 heteroatoms. The first kappa shape index (κ1) is 23.4. The molecule has 3 nitrogen and oxygen atoms in total. The highest BCUT2D eigenvalue weighted by Gasteiger charge is 2.26. The summed E-state index contributed by atoms with van der Waals surface area (Å²) in [5, 5.41) is 1.88. The first-order valence-corrected chi connectivity index (χ1v) is 10.1. The van der Waals surface area contributed by atoms with Gasteiger partial charge >= 0.3 is 5.97 Å². The van der Waals surface area contributed by atoms with Gasteiger partial charge in [-0.2, -0.15) is 0 Å². The van der Waals surface area contributed by atoms with Crippen LogP contribution in [-0.2, 0) is 0 Å². The van der Waals surface area contributed by atoms with E-state index in [1.54, 1.807) is 28.3 Å². The Morgan fingerprint density at radius 2 is 1.71 bits per heavy atom. The molecule has 31 heavy (non-hydrogen) atoms. The maximum Gasteiger partial charge on any atom is 0.345 e. The van der Waals surface area contributed by atoms with Gasteiger partial charge in [-0.25, -0.2) is 26.7 Å². The molecule has 3 rings (SSSR count). The van der Waals surface area contributed by atoms with Crippen LogP contribution in [-0.4, -0.2) is 5.97 Å². The summed E-state index contributed by atoms with van der Waals surface area (Å²) in [5.74, 6) is -9.35. The number of carbonyl (C=O) groups excluding carboxylic acids is 1. The number of hydrogen-bond acceptors (Lipinski definition) is 3. The number of hydrogen-bond donors (Lipinski definition) is 1. The summed E-state index contributed by atoms with van der Waals surface area (Å²) in [6.45, 7) is 1.76. The molecule has 3 aromatic carbocycles. The number of benzene rings is 3. The van der Waals surface area contributed by atoms with Gasteiger partial charge < -0.3 is 10.1 Å². The SMILES string of the molecule is Cc1ccc(Nc2c(C(=O)Oc3cc(F)c(F)c(P)c3F)cc(Br)c(F)c2F)c(Cl)c1. The van der Waals surface area contributed by atoms with Crippen molar-refractivity contribution in [3.63, 3.8) is 0 Å². The van der Waals surface area contributed by atoms with Crippen LogP contribution in [0.15, 0.2) is 34.8 Å². The number of carbonyl (C=O) groups is 1. The fourth-order valence-corrected chi connectivity index (χ4v) is 3.53. The van der Waals surface area contributed by atoms with Crippen LogP contribution in [0.1, 0.15) is 15.9 Å². The Labute approximate surface area is 188 Å². The van der Waals surface area contributed by atoms with E-state index in [0.29, 0.717) is 6.07 Å². The summed E-state index contributed by atoms with van der Waals surface area (Å²) in [4.78, 5) is 12.6. The molecule has 0 aliphatic heterocycles. The third-order valence-corrected chi connectivity index (χ3v) is 5.52. The Hall–Kier alpha value is -2.22. The number of anilines is 2. The van der Waals surface area contributed by atoms with Crippen LogP contribution >= 0.6 is 36.8 Å². The van der Waals surface area contributed by atoms with E-state index in [2.05, 4.69) is 21.2 Å². The maximum absolute atomic E-state index is 14.7. The molecule has 0 saturated heterocycles. The second-order valence-corrected chi connectivity index (χ2v) is 8.14. The first-order valence-electron chi connectivity index (χ1n) is 8.37. The smallest absolute Gasteiger partial charge is 0.345 e. The molecule has 0 amide bonds. The monoisotopic (exact) mass is 537 g/mol. The maximum atomic E-state index is 14.7. The molecule has 0 aromatic heterocycles. The van der Waals surface area contributed by atoms with E-state index in [-0.39, 0.29) is 10.7 Å². The van der Waals surface area contributed by atoms with Crippen molar-refractivity contribution < 1.29 is 31.5 Å². The van der Waals surface area contributed by atoms with Gasteiger partial charge in [0.05, 0.1) is 26.4 Å². The number of nitrogens with one attached hydrogen (secondary N) is 1. The highest BCUT2D eigenvalue weighted by atomic mass is 79.9. The zero-order chi connectivity index (χ0) is 23.0. The van der Waals surface area contributed by atoms with Crippen molar-refractivity contribution >= 4 is 59.4 Å². The lowest BCUT2D eigenvalue weighted by Gasteiger charge is -2.16. The first-order chi connectivity index (χ1) is 14.5. The van der Waals surface area contributed by atoms with Gasteiger partial charge in [0, 0.05) is 11.4 Å². The molecule has 0 aliphatic carbocycles. The Kier molecular flexibility index (Phi) is 6.88. The van der Waals surface area contributed by atoms with Gasteiger partial charge in [-0.05, 0) is 46.6 Å². The quantitative estimate of drug-likeness (QED) is 0.102. The molecule has 162 valence electrons. The normalized spacial score (nSPS) is 10.9. The minimum absolute atomic E-state index is 0.146. The molecule has 0 spiro atoms.